The number of carbonyl (C=O) groups excluding carboxylic acids is 1. The van der Waals surface area contributed by atoms with E-state index in [4.69, 9.17) is 4.74 Å². The quantitative estimate of drug-likeness (QED) is 0.764. The van der Waals surface area contributed by atoms with Crippen molar-refractivity contribution in [2.75, 3.05) is 32.8 Å². The van der Waals surface area contributed by atoms with Crippen molar-refractivity contribution in [3.05, 3.63) is 0 Å². The van der Waals surface area contributed by atoms with Crippen LogP contribution in [0.5, 0.6) is 0 Å². The first-order valence-corrected chi connectivity index (χ1v) is 6.42. The summed E-state index contributed by atoms with van der Waals surface area (Å²) in [6.07, 6.45) is 3.23. The van der Waals surface area contributed by atoms with Crippen LogP contribution in [-0.2, 0) is 9.53 Å². The number of hydrogen-bond acceptors (Lipinski definition) is 3. The molecule has 0 saturated carbocycles. The summed E-state index contributed by atoms with van der Waals surface area (Å²) in [6.45, 7) is 6.22. The number of likely N-dealkylation sites (tertiary alicyclic amines) is 1. The van der Waals surface area contributed by atoms with Crippen molar-refractivity contribution in [2.24, 2.45) is 5.92 Å². The zero-order valence-electron chi connectivity index (χ0n) is 10.1. The standard InChI is InChI=1S/C12H22N2O2/c1-2-16-9-11-4-3-7-14(11)12(15)10-5-6-13-8-10/h10-11,13H,2-9H2,1H3/t10-,11-/m1/s1. The molecule has 0 aromatic heterocycles. The molecule has 0 bridgehead atoms. The Morgan fingerprint density at radius 2 is 2.38 bits per heavy atom. The Labute approximate surface area is 97.3 Å². The fraction of sp³-hybridized carbons (Fsp3) is 0.917. The minimum atomic E-state index is 0.210. The molecule has 92 valence electrons. The lowest BCUT2D eigenvalue weighted by molar-refractivity contribution is -0.136. The molecule has 16 heavy (non-hydrogen) atoms. The maximum Gasteiger partial charge on any atom is 0.227 e. The van der Waals surface area contributed by atoms with Gasteiger partial charge in [0, 0.05) is 19.7 Å². The van der Waals surface area contributed by atoms with E-state index in [9.17, 15) is 4.79 Å². The topological polar surface area (TPSA) is 41.6 Å². The first kappa shape index (κ1) is 11.9. The maximum atomic E-state index is 12.3. The smallest absolute Gasteiger partial charge is 0.227 e. The summed E-state index contributed by atoms with van der Waals surface area (Å²) in [4.78, 5) is 14.3. The molecule has 0 aromatic rings. The second kappa shape index (κ2) is 5.64. The number of nitrogens with one attached hydrogen (secondary N) is 1. The van der Waals surface area contributed by atoms with Crippen molar-refractivity contribution in [3.8, 4) is 0 Å². The summed E-state index contributed by atoms with van der Waals surface area (Å²) in [6, 6.07) is 0.327. The normalized spacial score (nSPS) is 29.9. The van der Waals surface area contributed by atoms with Crippen LogP contribution in [0.3, 0.4) is 0 Å². The largest absolute Gasteiger partial charge is 0.380 e. The zero-order valence-corrected chi connectivity index (χ0v) is 10.1. The third-order valence-electron chi connectivity index (χ3n) is 3.58. The van der Waals surface area contributed by atoms with Gasteiger partial charge in [0.1, 0.15) is 0 Å². The molecule has 2 heterocycles. The van der Waals surface area contributed by atoms with Crippen LogP contribution in [0.4, 0.5) is 0 Å². The molecule has 1 amide bonds. The Kier molecular flexibility index (Phi) is 4.18. The summed E-state index contributed by atoms with van der Waals surface area (Å²) in [5.41, 5.74) is 0. The second-order valence-electron chi connectivity index (χ2n) is 4.68. The van der Waals surface area contributed by atoms with E-state index >= 15 is 0 Å². The molecule has 0 aromatic carbocycles. The van der Waals surface area contributed by atoms with Crippen LogP contribution in [0.1, 0.15) is 26.2 Å². The summed E-state index contributed by atoms with van der Waals surface area (Å²) in [5, 5.41) is 3.26. The molecular weight excluding hydrogens is 204 g/mol. The predicted molar refractivity (Wildman–Crippen MR) is 62.2 cm³/mol. The number of rotatable bonds is 4. The zero-order chi connectivity index (χ0) is 11.4. The fourth-order valence-electron chi connectivity index (χ4n) is 2.65. The van der Waals surface area contributed by atoms with Crippen molar-refractivity contribution in [3.63, 3.8) is 0 Å². The minimum Gasteiger partial charge on any atom is -0.380 e. The van der Waals surface area contributed by atoms with Crippen LogP contribution in [-0.4, -0.2) is 49.7 Å². The van der Waals surface area contributed by atoms with Gasteiger partial charge in [0.25, 0.3) is 0 Å². The number of nitrogens with zero attached hydrogens (tertiary/aromatic N) is 1. The van der Waals surface area contributed by atoms with Crippen LogP contribution >= 0.6 is 0 Å². The van der Waals surface area contributed by atoms with Gasteiger partial charge in [-0.3, -0.25) is 4.79 Å². The van der Waals surface area contributed by atoms with Gasteiger partial charge in [-0.15, -0.1) is 0 Å². The highest BCUT2D eigenvalue weighted by Crippen LogP contribution is 2.22. The highest BCUT2D eigenvalue weighted by Gasteiger charge is 2.34. The van der Waals surface area contributed by atoms with E-state index in [1.807, 2.05) is 11.8 Å². The first-order chi connectivity index (χ1) is 7.83. The van der Waals surface area contributed by atoms with E-state index in [0.717, 1.165) is 45.5 Å². The molecule has 2 atom stereocenters. The van der Waals surface area contributed by atoms with Gasteiger partial charge in [-0.25, -0.2) is 0 Å². The fourth-order valence-corrected chi connectivity index (χ4v) is 2.65. The summed E-state index contributed by atoms with van der Waals surface area (Å²) >= 11 is 0. The lowest BCUT2D eigenvalue weighted by Crippen LogP contribution is -2.42. The monoisotopic (exact) mass is 226 g/mol. The van der Waals surface area contributed by atoms with Gasteiger partial charge in [-0.1, -0.05) is 0 Å². The van der Waals surface area contributed by atoms with Gasteiger partial charge in [-0.2, -0.15) is 0 Å². The number of carbonyl (C=O) groups is 1. The molecule has 0 aliphatic carbocycles. The lowest BCUT2D eigenvalue weighted by atomic mass is 10.1. The highest BCUT2D eigenvalue weighted by atomic mass is 16.5. The van der Waals surface area contributed by atoms with Crippen LogP contribution < -0.4 is 5.32 Å². The van der Waals surface area contributed by atoms with E-state index in [1.54, 1.807) is 0 Å². The Balaban J connectivity index is 1.88. The first-order valence-electron chi connectivity index (χ1n) is 6.42. The van der Waals surface area contributed by atoms with Gasteiger partial charge in [0.15, 0.2) is 0 Å². The molecule has 4 heteroatoms. The SMILES string of the molecule is CCOC[C@H]1CCCN1C(=O)[C@@H]1CCNC1. The highest BCUT2D eigenvalue weighted by molar-refractivity contribution is 5.80. The van der Waals surface area contributed by atoms with Gasteiger partial charge in [-0.05, 0) is 32.7 Å². The van der Waals surface area contributed by atoms with Crippen LogP contribution in [0.15, 0.2) is 0 Å². The molecular formula is C12H22N2O2. The van der Waals surface area contributed by atoms with E-state index < -0.39 is 0 Å². The van der Waals surface area contributed by atoms with E-state index in [2.05, 4.69) is 5.32 Å². The summed E-state index contributed by atoms with van der Waals surface area (Å²) < 4.78 is 5.45. The molecule has 2 aliphatic rings. The lowest BCUT2D eigenvalue weighted by Gasteiger charge is -2.26. The number of hydrogen-bond donors (Lipinski definition) is 1. The van der Waals surface area contributed by atoms with Crippen molar-refractivity contribution < 1.29 is 9.53 Å². The molecule has 2 saturated heterocycles. The predicted octanol–water partition coefficient (Wildman–Crippen LogP) is 0.623. The molecule has 2 fully saturated rings. The average molecular weight is 226 g/mol. The Hall–Kier alpha value is -0.610. The third kappa shape index (κ3) is 2.55. The summed E-state index contributed by atoms with van der Waals surface area (Å²) in [7, 11) is 0. The molecule has 4 nitrogen and oxygen atoms in total. The maximum absolute atomic E-state index is 12.3. The molecule has 1 N–H and O–H groups in total. The number of ether oxygens (including phenoxy) is 1. The van der Waals surface area contributed by atoms with Gasteiger partial charge < -0.3 is 15.0 Å². The van der Waals surface area contributed by atoms with Crippen LogP contribution in [0, 0.1) is 5.92 Å². The van der Waals surface area contributed by atoms with Crippen molar-refractivity contribution in [1.29, 1.82) is 0 Å². The van der Waals surface area contributed by atoms with Gasteiger partial charge in [0.05, 0.1) is 18.6 Å². The Bertz CT molecular complexity index is 239. The van der Waals surface area contributed by atoms with Gasteiger partial charge >= 0.3 is 0 Å². The summed E-state index contributed by atoms with van der Waals surface area (Å²) in [5.74, 6) is 0.550. The Morgan fingerprint density at radius 3 is 3.06 bits per heavy atom. The van der Waals surface area contributed by atoms with E-state index in [-0.39, 0.29) is 5.92 Å². The Morgan fingerprint density at radius 1 is 1.50 bits per heavy atom. The third-order valence-corrected chi connectivity index (χ3v) is 3.58. The van der Waals surface area contributed by atoms with Crippen LogP contribution in [0.25, 0.3) is 0 Å². The molecule has 2 aliphatic heterocycles. The van der Waals surface area contributed by atoms with E-state index in [0.29, 0.717) is 18.6 Å². The van der Waals surface area contributed by atoms with Crippen LogP contribution in [0.2, 0.25) is 0 Å². The molecule has 0 unspecified atom stereocenters. The second-order valence-corrected chi connectivity index (χ2v) is 4.68. The number of amides is 1. The van der Waals surface area contributed by atoms with Crippen molar-refractivity contribution >= 4 is 5.91 Å². The minimum absolute atomic E-state index is 0.210. The molecule has 0 spiro atoms. The van der Waals surface area contributed by atoms with E-state index in [1.165, 1.54) is 0 Å². The van der Waals surface area contributed by atoms with Crippen molar-refractivity contribution in [2.45, 2.75) is 32.2 Å². The average Bonchev–Trinajstić information content (AvgIpc) is 2.96. The van der Waals surface area contributed by atoms with Gasteiger partial charge in [0.2, 0.25) is 5.91 Å². The molecule has 2 rings (SSSR count). The molecule has 0 radical (unpaired) electrons. The van der Waals surface area contributed by atoms with Crippen molar-refractivity contribution in [1.82, 2.24) is 10.2 Å².